The third kappa shape index (κ3) is 3.55. The highest BCUT2D eigenvalue weighted by molar-refractivity contribution is 5.93. The number of rotatable bonds is 3. The number of aromatic carboxylic acids is 1. The van der Waals surface area contributed by atoms with Crippen molar-refractivity contribution in [2.24, 2.45) is 5.41 Å². The van der Waals surface area contributed by atoms with Crippen molar-refractivity contribution in [2.45, 2.75) is 33.7 Å². The molecular weight excluding hydrogens is 232 g/mol. The highest BCUT2D eigenvalue weighted by Crippen LogP contribution is 2.18. The predicted molar refractivity (Wildman–Crippen MR) is 67.6 cm³/mol. The standard InChI is InChI=1S/C13H18N2O3/c1-8(13(2,3)4)15-11(16)10-6-5-9(7-14-10)12(17)18/h5-8H,1-4H3,(H,15,16)(H,17,18). The van der Waals surface area contributed by atoms with Crippen LogP contribution in [0, 0.1) is 5.41 Å². The van der Waals surface area contributed by atoms with Gasteiger partial charge in [0.05, 0.1) is 5.56 Å². The van der Waals surface area contributed by atoms with Gasteiger partial charge in [0, 0.05) is 12.2 Å². The molecule has 0 aromatic carbocycles. The Kier molecular flexibility index (Phi) is 4.06. The molecule has 1 amide bonds. The van der Waals surface area contributed by atoms with Gasteiger partial charge < -0.3 is 10.4 Å². The Morgan fingerprint density at radius 2 is 1.94 bits per heavy atom. The summed E-state index contributed by atoms with van der Waals surface area (Å²) in [6.07, 6.45) is 1.18. The molecule has 0 aliphatic carbocycles. The summed E-state index contributed by atoms with van der Waals surface area (Å²) in [5, 5.41) is 11.6. The maximum absolute atomic E-state index is 11.9. The largest absolute Gasteiger partial charge is 0.478 e. The second kappa shape index (κ2) is 5.16. The molecule has 18 heavy (non-hydrogen) atoms. The first-order valence-corrected chi connectivity index (χ1v) is 5.72. The van der Waals surface area contributed by atoms with Gasteiger partial charge in [-0.25, -0.2) is 4.79 Å². The van der Waals surface area contributed by atoms with Crippen LogP contribution in [-0.4, -0.2) is 28.0 Å². The topological polar surface area (TPSA) is 79.3 Å². The summed E-state index contributed by atoms with van der Waals surface area (Å²) < 4.78 is 0. The van der Waals surface area contributed by atoms with Crippen LogP contribution in [0.5, 0.6) is 0 Å². The van der Waals surface area contributed by atoms with Crippen molar-refractivity contribution in [3.05, 3.63) is 29.6 Å². The van der Waals surface area contributed by atoms with Gasteiger partial charge in [0.25, 0.3) is 5.91 Å². The molecule has 0 radical (unpaired) electrons. The van der Waals surface area contributed by atoms with Gasteiger partial charge in [-0.2, -0.15) is 0 Å². The third-order valence-corrected chi connectivity index (χ3v) is 2.89. The van der Waals surface area contributed by atoms with Crippen LogP contribution in [0.25, 0.3) is 0 Å². The van der Waals surface area contributed by atoms with Gasteiger partial charge in [-0.15, -0.1) is 0 Å². The lowest BCUT2D eigenvalue weighted by Gasteiger charge is -2.27. The Balaban J connectivity index is 2.76. The van der Waals surface area contributed by atoms with Crippen LogP contribution in [0.3, 0.4) is 0 Å². The average molecular weight is 250 g/mol. The van der Waals surface area contributed by atoms with E-state index >= 15 is 0 Å². The third-order valence-electron chi connectivity index (χ3n) is 2.89. The van der Waals surface area contributed by atoms with Gasteiger partial charge in [0.1, 0.15) is 5.69 Å². The van der Waals surface area contributed by atoms with E-state index in [4.69, 9.17) is 5.11 Å². The van der Waals surface area contributed by atoms with E-state index in [1.807, 2.05) is 27.7 Å². The molecule has 98 valence electrons. The van der Waals surface area contributed by atoms with Crippen molar-refractivity contribution in [2.75, 3.05) is 0 Å². The predicted octanol–water partition coefficient (Wildman–Crippen LogP) is 1.94. The first-order chi connectivity index (χ1) is 8.21. The van der Waals surface area contributed by atoms with Gasteiger partial charge in [0.2, 0.25) is 0 Å². The molecule has 0 saturated carbocycles. The summed E-state index contributed by atoms with van der Waals surface area (Å²) in [6, 6.07) is 2.77. The summed E-state index contributed by atoms with van der Waals surface area (Å²) in [5.41, 5.74) is 0.239. The molecule has 1 aromatic rings. The monoisotopic (exact) mass is 250 g/mol. The van der Waals surface area contributed by atoms with E-state index in [0.29, 0.717) is 0 Å². The number of aromatic nitrogens is 1. The van der Waals surface area contributed by atoms with E-state index in [2.05, 4.69) is 10.3 Å². The van der Waals surface area contributed by atoms with E-state index in [9.17, 15) is 9.59 Å². The Morgan fingerprint density at radius 3 is 2.33 bits per heavy atom. The Labute approximate surface area is 106 Å². The molecule has 1 heterocycles. The lowest BCUT2D eigenvalue weighted by atomic mass is 9.88. The van der Waals surface area contributed by atoms with Crippen molar-refractivity contribution < 1.29 is 14.7 Å². The summed E-state index contributed by atoms with van der Waals surface area (Å²) in [5.74, 6) is -1.35. The summed E-state index contributed by atoms with van der Waals surface area (Å²) >= 11 is 0. The fourth-order valence-corrected chi connectivity index (χ4v) is 1.14. The van der Waals surface area contributed by atoms with Crippen LogP contribution in [0.1, 0.15) is 48.5 Å². The van der Waals surface area contributed by atoms with E-state index in [1.165, 1.54) is 18.3 Å². The molecule has 0 spiro atoms. The Morgan fingerprint density at radius 1 is 1.33 bits per heavy atom. The zero-order valence-electron chi connectivity index (χ0n) is 11.0. The number of pyridine rings is 1. The van der Waals surface area contributed by atoms with Crippen molar-refractivity contribution in [3.8, 4) is 0 Å². The normalized spacial score (nSPS) is 12.9. The molecule has 1 rings (SSSR count). The van der Waals surface area contributed by atoms with Crippen LogP contribution < -0.4 is 5.32 Å². The van der Waals surface area contributed by atoms with Crippen LogP contribution >= 0.6 is 0 Å². The second-order valence-corrected chi connectivity index (χ2v) is 5.30. The van der Waals surface area contributed by atoms with Gasteiger partial charge in [-0.1, -0.05) is 20.8 Å². The van der Waals surface area contributed by atoms with Gasteiger partial charge >= 0.3 is 5.97 Å². The highest BCUT2D eigenvalue weighted by atomic mass is 16.4. The average Bonchev–Trinajstić information content (AvgIpc) is 2.27. The minimum atomic E-state index is -1.06. The van der Waals surface area contributed by atoms with E-state index < -0.39 is 5.97 Å². The Hall–Kier alpha value is -1.91. The number of carboxylic acids is 1. The number of hydrogen-bond acceptors (Lipinski definition) is 3. The smallest absolute Gasteiger partial charge is 0.337 e. The van der Waals surface area contributed by atoms with Crippen LogP contribution in [0.15, 0.2) is 18.3 Å². The minimum Gasteiger partial charge on any atom is -0.478 e. The molecule has 0 aliphatic heterocycles. The fourth-order valence-electron chi connectivity index (χ4n) is 1.14. The molecule has 2 N–H and O–H groups in total. The maximum atomic E-state index is 11.9. The molecule has 5 heteroatoms. The number of amides is 1. The lowest BCUT2D eigenvalue weighted by molar-refractivity contribution is 0.0695. The minimum absolute atomic E-state index is 0.00838. The van der Waals surface area contributed by atoms with Crippen molar-refractivity contribution in [3.63, 3.8) is 0 Å². The van der Waals surface area contributed by atoms with Gasteiger partial charge in [-0.05, 0) is 24.5 Å². The highest BCUT2D eigenvalue weighted by Gasteiger charge is 2.22. The molecule has 0 fully saturated rings. The second-order valence-electron chi connectivity index (χ2n) is 5.30. The Bertz CT molecular complexity index is 446. The number of nitrogens with zero attached hydrogens (tertiary/aromatic N) is 1. The van der Waals surface area contributed by atoms with Crippen molar-refractivity contribution in [1.29, 1.82) is 0 Å². The number of carbonyl (C=O) groups is 2. The van der Waals surface area contributed by atoms with Crippen LogP contribution in [0.2, 0.25) is 0 Å². The molecule has 1 unspecified atom stereocenters. The zero-order valence-corrected chi connectivity index (χ0v) is 11.0. The summed E-state index contributed by atoms with van der Waals surface area (Å²) in [7, 11) is 0. The molecule has 0 saturated heterocycles. The number of hydrogen-bond donors (Lipinski definition) is 2. The molecular formula is C13H18N2O3. The van der Waals surface area contributed by atoms with Gasteiger partial charge in [-0.3, -0.25) is 9.78 Å². The van der Waals surface area contributed by atoms with Crippen LogP contribution in [-0.2, 0) is 0 Å². The fraction of sp³-hybridized carbons (Fsp3) is 0.462. The maximum Gasteiger partial charge on any atom is 0.337 e. The van der Waals surface area contributed by atoms with Crippen LogP contribution in [0.4, 0.5) is 0 Å². The summed E-state index contributed by atoms with van der Waals surface area (Å²) in [4.78, 5) is 26.4. The zero-order chi connectivity index (χ0) is 13.9. The van der Waals surface area contributed by atoms with E-state index in [-0.39, 0.29) is 28.6 Å². The first kappa shape index (κ1) is 14.2. The number of carbonyl (C=O) groups excluding carboxylic acids is 1. The quantitative estimate of drug-likeness (QED) is 0.859. The van der Waals surface area contributed by atoms with Gasteiger partial charge in [0.15, 0.2) is 0 Å². The molecule has 1 aromatic heterocycles. The summed E-state index contributed by atoms with van der Waals surface area (Å²) in [6.45, 7) is 8.00. The molecule has 0 aliphatic rings. The number of nitrogens with one attached hydrogen (secondary N) is 1. The van der Waals surface area contributed by atoms with Crippen molar-refractivity contribution in [1.82, 2.24) is 10.3 Å². The first-order valence-electron chi connectivity index (χ1n) is 5.72. The SMILES string of the molecule is CC(NC(=O)c1ccc(C(=O)O)cn1)C(C)(C)C. The lowest BCUT2D eigenvalue weighted by Crippen LogP contribution is -2.41. The van der Waals surface area contributed by atoms with Crippen molar-refractivity contribution >= 4 is 11.9 Å². The number of carboxylic acid groups (broad SMARTS) is 1. The van der Waals surface area contributed by atoms with E-state index in [1.54, 1.807) is 0 Å². The van der Waals surface area contributed by atoms with E-state index in [0.717, 1.165) is 0 Å². The molecule has 1 atom stereocenters. The molecule has 0 bridgehead atoms. The molecule has 5 nitrogen and oxygen atoms in total.